The lowest BCUT2D eigenvalue weighted by Gasteiger charge is -2.33. The molecule has 176 valence electrons. The van der Waals surface area contributed by atoms with E-state index in [2.05, 4.69) is 18.0 Å². The Hall–Kier alpha value is -2.45. The van der Waals surface area contributed by atoms with E-state index in [1.807, 2.05) is 26.1 Å². The normalized spacial score (nSPS) is 15.3. The molecule has 1 aromatic carbocycles. The first-order chi connectivity index (χ1) is 15.4. The summed E-state index contributed by atoms with van der Waals surface area (Å²) in [5, 5.41) is 0. The number of rotatable bonds is 9. The molecule has 0 radical (unpaired) electrons. The van der Waals surface area contributed by atoms with Crippen molar-refractivity contribution in [2.45, 2.75) is 62.5 Å². The maximum Gasteiger partial charge on any atom is 0.239 e. The fourth-order valence-corrected chi connectivity index (χ4v) is 5.48. The number of hydrogen-bond acceptors (Lipinski definition) is 6. The third-order valence-electron chi connectivity index (χ3n) is 5.52. The SMILES string of the molecule is CC.CCc1ccc(CCCOc2ccc(S(=O)(=O)C3(C(N)=O)CCOCC3)cc2)cn1. The second kappa shape index (κ2) is 12.0. The van der Waals surface area contributed by atoms with Crippen LogP contribution in [0.1, 0.15) is 51.3 Å². The van der Waals surface area contributed by atoms with Crippen LogP contribution in [0.5, 0.6) is 5.75 Å². The van der Waals surface area contributed by atoms with Crippen LogP contribution < -0.4 is 10.5 Å². The van der Waals surface area contributed by atoms with E-state index in [1.165, 1.54) is 12.1 Å². The molecule has 1 amide bonds. The molecule has 1 aromatic heterocycles. The number of ether oxygens (including phenoxy) is 2. The molecular formula is C24H34N2O5S. The Morgan fingerprint density at radius 2 is 1.78 bits per heavy atom. The van der Waals surface area contributed by atoms with Crippen LogP contribution in [0.15, 0.2) is 47.5 Å². The standard InChI is InChI=1S/C22H28N2O5S.C2H6/c1-2-18-6-5-17(16-24-18)4-3-13-29-19-7-9-20(10-8-19)30(26,27)22(21(23)25)11-14-28-15-12-22;1-2/h5-10,16H,2-4,11-15H2,1H3,(H2,23,25);1-2H3. The van der Waals surface area contributed by atoms with Crippen molar-refractivity contribution in [3.63, 3.8) is 0 Å². The number of pyridine rings is 1. The van der Waals surface area contributed by atoms with Gasteiger partial charge in [0.25, 0.3) is 0 Å². The van der Waals surface area contributed by atoms with Crippen molar-refractivity contribution in [1.82, 2.24) is 4.98 Å². The molecule has 2 N–H and O–H groups in total. The van der Waals surface area contributed by atoms with Gasteiger partial charge in [0.2, 0.25) is 5.91 Å². The summed E-state index contributed by atoms with van der Waals surface area (Å²) in [5.74, 6) is -0.249. The first-order valence-electron chi connectivity index (χ1n) is 11.2. The largest absolute Gasteiger partial charge is 0.494 e. The van der Waals surface area contributed by atoms with Gasteiger partial charge in [0.1, 0.15) is 5.75 Å². The molecule has 0 saturated carbocycles. The van der Waals surface area contributed by atoms with Crippen molar-refractivity contribution < 1.29 is 22.7 Å². The van der Waals surface area contributed by atoms with Crippen LogP contribution in [0.25, 0.3) is 0 Å². The van der Waals surface area contributed by atoms with Gasteiger partial charge in [0, 0.05) is 25.1 Å². The lowest BCUT2D eigenvalue weighted by atomic mass is 9.98. The number of nitrogens with zero attached hydrogens (tertiary/aromatic N) is 1. The Bertz CT molecular complexity index is 951. The maximum atomic E-state index is 13.1. The van der Waals surface area contributed by atoms with Crippen LogP contribution in [-0.2, 0) is 32.2 Å². The molecule has 0 atom stereocenters. The van der Waals surface area contributed by atoms with Crippen molar-refractivity contribution in [3.8, 4) is 5.75 Å². The summed E-state index contributed by atoms with van der Waals surface area (Å²) in [6.45, 7) is 6.97. The average Bonchev–Trinajstić information content (AvgIpc) is 2.84. The van der Waals surface area contributed by atoms with Gasteiger partial charge in [-0.1, -0.05) is 26.8 Å². The number of nitrogens with two attached hydrogens (primary N) is 1. The van der Waals surface area contributed by atoms with Crippen LogP contribution in [0.4, 0.5) is 0 Å². The van der Waals surface area contributed by atoms with E-state index in [-0.39, 0.29) is 31.0 Å². The van der Waals surface area contributed by atoms with E-state index in [0.29, 0.717) is 12.4 Å². The van der Waals surface area contributed by atoms with Gasteiger partial charge in [-0.25, -0.2) is 8.42 Å². The average molecular weight is 463 g/mol. The zero-order valence-electron chi connectivity index (χ0n) is 19.2. The molecule has 7 nitrogen and oxygen atoms in total. The topological polar surface area (TPSA) is 109 Å². The van der Waals surface area contributed by atoms with Crippen molar-refractivity contribution >= 4 is 15.7 Å². The summed E-state index contributed by atoms with van der Waals surface area (Å²) in [4.78, 5) is 16.5. The van der Waals surface area contributed by atoms with Crippen LogP contribution in [0, 0.1) is 0 Å². The zero-order chi connectivity index (χ0) is 23.6. The summed E-state index contributed by atoms with van der Waals surface area (Å²) in [6, 6.07) is 10.3. The minimum Gasteiger partial charge on any atom is -0.494 e. The van der Waals surface area contributed by atoms with Crippen LogP contribution in [-0.4, -0.2) is 43.9 Å². The predicted molar refractivity (Wildman–Crippen MR) is 124 cm³/mol. The monoisotopic (exact) mass is 462 g/mol. The molecule has 0 bridgehead atoms. The third kappa shape index (κ3) is 5.86. The highest BCUT2D eigenvalue weighted by molar-refractivity contribution is 7.93. The maximum absolute atomic E-state index is 13.1. The molecule has 1 aliphatic heterocycles. The number of aromatic nitrogens is 1. The summed E-state index contributed by atoms with van der Waals surface area (Å²) >= 11 is 0. The number of sulfone groups is 1. The molecule has 1 saturated heterocycles. The third-order valence-corrected chi connectivity index (χ3v) is 8.06. The Labute approximate surface area is 191 Å². The smallest absolute Gasteiger partial charge is 0.239 e. The van der Waals surface area contributed by atoms with Crippen LogP contribution in [0.2, 0.25) is 0 Å². The number of benzene rings is 1. The van der Waals surface area contributed by atoms with Gasteiger partial charge in [0.15, 0.2) is 14.6 Å². The second-order valence-corrected chi connectivity index (χ2v) is 9.67. The van der Waals surface area contributed by atoms with Crippen molar-refractivity contribution in [2.75, 3.05) is 19.8 Å². The molecule has 32 heavy (non-hydrogen) atoms. The van der Waals surface area contributed by atoms with E-state index < -0.39 is 20.5 Å². The minimum atomic E-state index is -3.92. The second-order valence-electron chi connectivity index (χ2n) is 7.41. The Balaban J connectivity index is 0.00000176. The summed E-state index contributed by atoms with van der Waals surface area (Å²) in [6.07, 6.45) is 4.62. The molecule has 1 aliphatic rings. The highest BCUT2D eigenvalue weighted by atomic mass is 32.2. The van der Waals surface area contributed by atoms with Crippen molar-refractivity contribution in [2.24, 2.45) is 5.73 Å². The lowest BCUT2D eigenvalue weighted by molar-refractivity contribution is -0.122. The Morgan fingerprint density at radius 3 is 2.31 bits per heavy atom. The first-order valence-corrected chi connectivity index (χ1v) is 12.7. The molecule has 2 heterocycles. The number of hydrogen-bond donors (Lipinski definition) is 1. The molecule has 0 aliphatic carbocycles. The quantitative estimate of drug-likeness (QED) is 0.572. The number of carbonyl (C=O) groups is 1. The number of primary amides is 1. The highest BCUT2D eigenvalue weighted by Crippen LogP contribution is 2.35. The van der Waals surface area contributed by atoms with Gasteiger partial charge in [0.05, 0.1) is 11.5 Å². The van der Waals surface area contributed by atoms with E-state index in [1.54, 1.807) is 12.1 Å². The predicted octanol–water partition coefficient (Wildman–Crippen LogP) is 3.49. The van der Waals surface area contributed by atoms with Crippen LogP contribution in [0.3, 0.4) is 0 Å². The van der Waals surface area contributed by atoms with Gasteiger partial charge in [-0.3, -0.25) is 9.78 Å². The van der Waals surface area contributed by atoms with E-state index in [9.17, 15) is 13.2 Å². The van der Waals surface area contributed by atoms with E-state index >= 15 is 0 Å². The van der Waals surface area contributed by atoms with Gasteiger partial charge < -0.3 is 15.2 Å². The lowest BCUT2D eigenvalue weighted by Crippen LogP contribution is -2.53. The van der Waals surface area contributed by atoms with Gasteiger partial charge in [-0.05, 0) is 68.0 Å². The molecule has 1 fully saturated rings. The Morgan fingerprint density at radius 1 is 1.12 bits per heavy atom. The van der Waals surface area contributed by atoms with Gasteiger partial charge in [-0.2, -0.15) is 0 Å². The van der Waals surface area contributed by atoms with Gasteiger partial charge in [-0.15, -0.1) is 0 Å². The molecule has 2 aromatic rings. The molecule has 3 rings (SSSR count). The Kier molecular flexibility index (Phi) is 9.65. The summed E-state index contributed by atoms with van der Waals surface area (Å²) < 4.78 is 35.6. The van der Waals surface area contributed by atoms with E-state index in [4.69, 9.17) is 15.2 Å². The number of aryl methyl sites for hydroxylation is 2. The number of amides is 1. The number of carbonyl (C=O) groups excluding carboxylic acids is 1. The van der Waals surface area contributed by atoms with Crippen LogP contribution >= 0.6 is 0 Å². The van der Waals surface area contributed by atoms with Crippen molar-refractivity contribution in [1.29, 1.82) is 0 Å². The highest BCUT2D eigenvalue weighted by Gasteiger charge is 2.51. The summed E-state index contributed by atoms with van der Waals surface area (Å²) in [5.41, 5.74) is 7.73. The van der Waals surface area contributed by atoms with Gasteiger partial charge >= 0.3 is 0 Å². The fourth-order valence-electron chi connectivity index (χ4n) is 3.57. The van der Waals surface area contributed by atoms with Crippen molar-refractivity contribution in [3.05, 3.63) is 53.9 Å². The molecule has 0 spiro atoms. The van der Waals surface area contributed by atoms with E-state index in [0.717, 1.165) is 30.5 Å². The fraction of sp³-hybridized carbons (Fsp3) is 0.500. The zero-order valence-corrected chi connectivity index (χ0v) is 20.0. The first kappa shape index (κ1) is 25.8. The molecule has 8 heteroatoms. The minimum absolute atomic E-state index is 0.0665. The molecule has 0 unspecified atom stereocenters. The summed E-state index contributed by atoms with van der Waals surface area (Å²) in [7, 11) is -3.92. The molecular weight excluding hydrogens is 428 g/mol.